The van der Waals surface area contributed by atoms with Gasteiger partial charge in [0.1, 0.15) is 5.78 Å². The summed E-state index contributed by atoms with van der Waals surface area (Å²) in [7, 11) is 1.36. The Morgan fingerprint density at radius 2 is 2.00 bits per heavy atom. The van der Waals surface area contributed by atoms with Crippen molar-refractivity contribution in [3.05, 3.63) is 11.6 Å². The van der Waals surface area contributed by atoms with Crippen molar-refractivity contribution in [1.82, 2.24) is 0 Å². The summed E-state index contributed by atoms with van der Waals surface area (Å²) < 4.78 is 4.79. The van der Waals surface area contributed by atoms with Crippen LogP contribution < -0.4 is 0 Å². The van der Waals surface area contributed by atoms with E-state index in [1.54, 1.807) is 0 Å². The maximum absolute atomic E-state index is 12.0. The van der Waals surface area contributed by atoms with Crippen LogP contribution in [0.5, 0.6) is 0 Å². The molecule has 142 valence electrons. The first-order chi connectivity index (χ1) is 11.7. The fourth-order valence-electron chi connectivity index (χ4n) is 5.11. The number of hydrogen-bond donors (Lipinski definition) is 1. The Labute approximate surface area is 152 Å². The first-order valence-electron chi connectivity index (χ1n) is 9.72. The second-order valence-corrected chi connectivity index (χ2v) is 8.53. The summed E-state index contributed by atoms with van der Waals surface area (Å²) in [6.07, 6.45) is 6.47. The van der Waals surface area contributed by atoms with Gasteiger partial charge in [-0.1, -0.05) is 33.8 Å². The summed E-state index contributed by atoms with van der Waals surface area (Å²) in [5.41, 5.74) is 0.450. The first-order valence-corrected chi connectivity index (χ1v) is 9.72. The summed E-state index contributed by atoms with van der Waals surface area (Å²) in [5.74, 6) is 1.49. The van der Waals surface area contributed by atoms with Gasteiger partial charge in [0.15, 0.2) is 0 Å². The Balaban J connectivity index is 2.14. The van der Waals surface area contributed by atoms with Crippen LogP contribution in [0.4, 0.5) is 0 Å². The van der Waals surface area contributed by atoms with Crippen LogP contribution in [-0.2, 0) is 14.3 Å². The lowest BCUT2D eigenvalue weighted by Crippen LogP contribution is -2.41. The van der Waals surface area contributed by atoms with Crippen molar-refractivity contribution >= 4 is 11.8 Å². The van der Waals surface area contributed by atoms with E-state index in [0.29, 0.717) is 42.0 Å². The summed E-state index contributed by atoms with van der Waals surface area (Å²) in [6.45, 7) is 8.45. The number of esters is 1. The molecule has 0 radical (unpaired) electrons. The molecule has 0 saturated heterocycles. The molecule has 0 aromatic heterocycles. The number of rotatable bonds is 6. The highest BCUT2D eigenvalue weighted by atomic mass is 16.5. The van der Waals surface area contributed by atoms with E-state index in [1.165, 1.54) is 7.11 Å². The Bertz CT molecular complexity index is 536. The number of methoxy groups -OCH3 is 1. The third kappa shape index (κ3) is 3.99. The molecule has 2 aliphatic carbocycles. The predicted octanol–water partition coefficient (Wildman–Crippen LogP) is 3.91. The molecule has 4 heteroatoms. The molecule has 4 nitrogen and oxygen atoms in total. The third-order valence-electron chi connectivity index (χ3n) is 6.86. The molecule has 0 aliphatic heterocycles. The molecule has 0 aromatic carbocycles. The summed E-state index contributed by atoms with van der Waals surface area (Å²) in [5, 5.41) is 10.6. The summed E-state index contributed by atoms with van der Waals surface area (Å²) in [4.78, 5) is 23.8. The van der Waals surface area contributed by atoms with Gasteiger partial charge in [0, 0.05) is 12.3 Å². The fourth-order valence-corrected chi connectivity index (χ4v) is 5.11. The van der Waals surface area contributed by atoms with Crippen molar-refractivity contribution < 1.29 is 19.4 Å². The van der Waals surface area contributed by atoms with Gasteiger partial charge in [-0.05, 0) is 55.3 Å². The van der Waals surface area contributed by atoms with Crippen LogP contribution >= 0.6 is 0 Å². The van der Waals surface area contributed by atoms with Crippen LogP contribution in [0, 0.1) is 29.1 Å². The SMILES string of the molecule is COC(=O)C1=CC[C@@]2(C[C@@H]1O)[C@@H]([C@H](C)CCC(=O)C(C)C)CC[C@@H]2C. The van der Waals surface area contributed by atoms with E-state index in [1.807, 2.05) is 19.9 Å². The molecule has 25 heavy (non-hydrogen) atoms. The van der Waals surface area contributed by atoms with Crippen LogP contribution in [0.15, 0.2) is 11.6 Å². The van der Waals surface area contributed by atoms with Gasteiger partial charge in [0.25, 0.3) is 0 Å². The molecule has 5 atom stereocenters. The highest BCUT2D eigenvalue weighted by Crippen LogP contribution is 2.58. The molecule has 1 saturated carbocycles. The van der Waals surface area contributed by atoms with Crippen LogP contribution in [0.3, 0.4) is 0 Å². The zero-order chi connectivity index (χ0) is 18.8. The molecular weight excluding hydrogens is 316 g/mol. The minimum Gasteiger partial charge on any atom is -0.466 e. The van der Waals surface area contributed by atoms with Gasteiger partial charge in [0.05, 0.1) is 18.8 Å². The van der Waals surface area contributed by atoms with Crippen molar-refractivity contribution in [3.8, 4) is 0 Å². The molecule has 2 rings (SSSR count). The van der Waals surface area contributed by atoms with Crippen LogP contribution in [-0.4, -0.2) is 30.1 Å². The number of aliphatic hydroxyl groups is 1. The van der Waals surface area contributed by atoms with Crippen molar-refractivity contribution in [1.29, 1.82) is 0 Å². The summed E-state index contributed by atoms with van der Waals surface area (Å²) >= 11 is 0. The van der Waals surface area contributed by atoms with Crippen LogP contribution in [0.1, 0.15) is 66.2 Å². The van der Waals surface area contributed by atoms with Gasteiger partial charge < -0.3 is 9.84 Å². The molecule has 1 spiro atoms. The molecule has 2 aliphatic rings. The Morgan fingerprint density at radius 1 is 1.32 bits per heavy atom. The standard InChI is InChI=1S/C21H34O4/c1-13(2)18(22)9-6-14(3)17-8-7-15(4)21(17)11-10-16(19(23)12-21)20(24)25-5/h10,13-15,17,19,23H,6-9,11-12H2,1-5H3/t14-,15+,17-,19+,21+/m1/s1. The second-order valence-electron chi connectivity index (χ2n) is 8.53. The highest BCUT2D eigenvalue weighted by molar-refractivity contribution is 5.89. The van der Waals surface area contributed by atoms with Gasteiger partial charge in [0.2, 0.25) is 0 Å². The Morgan fingerprint density at radius 3 is 2.56 bits per heavy atom. The number of ether oxygens (including phenoxy) is 1. The molecule has 0 amide bonds. The van der Waals surface area contributed by atoms with Crippen molar-refractivity contribution in [2.24, 2.45) is 29.1 Å². The Hall–Kier alpha value is -1.16. The minimum absolute atomic E-state index is 0.0389. The zero-order valence-corrected chi connectivity index (χ0v) is 16.4. The average Bonchev–Trinajstić information content (AvgIpc) is 2.88. The van der Waals surface area contributed by atoms with Crippen molar-refractivity contribution in [3.63, 3.8) is 0 Å². The van der Waals surface area contributed by atoms with Gasteiger partial charge in [-0.15, -0.1) is 0 Å². The van der Waals surface area contributed by atoms with Gasteiger partial charge in [-0.3, -0.25) is 4.79 Å². The number of carbonyl (C=O) groups excluding carboxylic acids is 2. The minimum atomic E-state index is -0.742. The van der Waals surface area contributed by atoms with Gasteiger partial charge in [-0.2, -0.15) is 0 Å². The molecular formula is C21H34O4. The van der Waals surface area contributed by atoms with E-state index >= 15 is 0 Å². The number of Topliss-reactive ketones (excluding diaryl/α,β-unsaturated/α-hetero) is 1. The number of aliphatic hydroxyl groups excluding tert-OH is 1. The van der Waals surface area contributed by atoms with E-state index in [9.17, 15) is 14.7 Å². The molecule has 0 heterocycles. The lowest BCUT2D eigenvalue weighted by molar-refractivity contribution is -0.138. The number of allylic oxidation sites excluding steroid dienone is 1. The van der Waals surface area contributed by atoms with E-state index < -0.39 is 12.1 Å². The quantitative estimate of drug-likeness (QED) is 0.738. The van der Waals surface area contributed by atoms with Crippen LogP contribution in [0.25, 0.3) is 0 Å². The smallest absolute Gasteiger partial charge is 0.336 e. The average molecular weight is 350 g/mol. The lowest BCUT2D eigenvalue weighted by atomic mass is 9.60. The molecule has 1 fully saturated rings. The zero-order valence-electron chi connectivity index (χ0n) is 16.4. The normalized spacial score (nSPS) is 33.4. The maximum atomic E-state index is 12.0. The largest absolute Gasteiger partial charge is 0.466 e. The van der Waals surface area contributed by atoms with Gasteiger partial charge >= 0.3 is 5.97 Å². The van der Waals surface area contributed by atoms with E-state index in [0.717, 1.165) is 25.7 Å². The fraction of sp³-hybridized carbons (Fsp3) is 0.810. The van der Waals surface area contributed by atoms with E-state index in [-0.39, 0.29) is 11.3 Å². The Kier molecular flexibility index (Phi) is 6.47. The maximum Gasteiger partial charge on any atom is 0.336 e. The molecule has 1 N–H and O–H groups in total. The van der Waals surface area contributed by atoms with E-state index in [4.69, 9.17) is 4.74 Å². The second kappa shape index (κ2) is 8.03. The number of carbonyl (C=O) groups is 2. The third-order valence-corrected chi connectivity index (χ3v) is 6.86. The monoisotopic (exact) mass is 350 g/mol. The lowest BCUT2D eigenvalue weighted by Gasteiger charge is -2.45. The van der Waals surface area contributed by atoms with Crippen LogP contribution in [0.2, 0.25) is 0 Å². The van der Waals surface area contributed by atoms with Crippen molar-refractivity contribution in [2.75, 3.05) is 7.11 Å². The molecule has 0 bridgehead atoms. The van der Waals surface area contributed by atoms with Crippen molar-refractivity contribution in [2.45, 2.75) is 72.3 Å². The number of hydrogen-bond acceptors (Lipinski definition) is 4. The summed E-state index contributed by atoms with van der Waals surface area (Å²) in [6, 6.07) is 0. The number of ketones is 1. The highest BCUT2D eigenvalue weighted by Gasteiger charge is 2.52. The van der Waals surface area contributed by atoms with E-state index in [2.05, 4.69) is 13.8 Å². The first kappa shape index (κ1) is 20.2. The topological polar surface area (TPSA) is 63.6 Å². The molecule has 0 aromatic rings. The van der Waals surface area contributed by atoms with Gasteiger partial charge in [-0.25, -0.2) is 4.79 Å². The predicted molar refractivity (Wildman–Crippen MR) is 97.9 cm³/mol. The molecule has 0 unspecified atom stereocenters.